The summed E-state index contributed by atoms with van der Waals surface area (Å²) in [5, 5.41) is 28.3. The molecule has 0 amide bonds. The molecule has 0 atom stereocenters. The van der Waals surface area contributed by atoms with Crippen molar-refractivity contribution >= 4 is 15.6 Å². The molecule has 0 spiro atoms. The molecule has 1 aromatic rings. The smallest absolute Gasteiger partial charge is 0.478 e. The molecule has 188 valence electrons. The molecule has 0 aliphatic rings. The van der Waals surface area contributed by atoms with Crippen LogP contribution in [0.4, 0.5) is 0 Å². The van der Waals surface area contributed by atoms with E-state index in [1.54, 1.807) is 0 Å². The minimum Gasteiger partial charge on any atom is -0.492 e. The van der Waals surface area contributed by atoms with Gasteiger partial charge in [-0.05, 0) is 28.0 Å². The van der Waals surface area contributed by atoms with Crippen LogP contribution in [0.5, 0.6) is 5.75 Å². The fraction of sp³-hybridized carbons (Fsp3) is 0.684. The molecule has 0 bridgehead atoms. The first-order valence-electron chi connectivity index (χ1n) is 9.62. The molecule has 0 aliphatic carbocycles. The second-order valence-corrected chi connectivity index (χ2v) is 12.2. The minimum absolute atomic E-state index is 0.0452. The van der Waals surface area contributed by atoms with Crippen molar-refractivity contribution in [1.82, 2.24) is 0 Å². The van der Waals surface area contributed by atoms with E-state index in [9.17, 15) is 24.4 Å². The van der Waals surface area contributed by atoms with Crippen LogP contribution >= 0.6 is 15.6 Å². The van der Waals surface area contributed by atoms with Gasteiger partial charge in [0.25, 0.3) is 0 Å². The third-order valence-electron chi connectivity index (χ3n) is 4.41. The SMILES string of the molecule is CC(C)(C)c1ccc(OCC(CO)(CO)CO)c(C(C)(C)C)c1.O=P(O)(O)OP(=O)(O)O. The van der Waals surface area contributed by atoms with Crippen molar-refractivity contribution in [2.45, 2.75) is 52.4 Å². The average Bonchev–Trinajstić information content (AvgIpc) is 2.59. The second kappa shape index (κ2) is 11.5. The molecule has 13 heteroatoms. The lowest BCUT2D eigenvalue weighted by molar-refractivity contribution is -0.0262. The van der Waals surface area contributed by atoms with Gasteiger partial charge in [0.1, 0.15) is 12.4 Å². The van der Waals surface area contributed by atoms with Crippen molar-refractivity contribution < 1.29 is 53.1 Å². The Bertz CT molecular complexity index is 783. The lowest BCUT2D eigenvalue weighted by atomic mass is 9.80. The van der Waals surface area contributed by atoms with Crippen molar-refractivity contribution in [1.29, 1.82) is 0 Å². The average molecular weight is 502 g/mol. The van der Waals surface area contributed by atoms with Crippen LogP contribution in [-0.2, 0) is 24.3 Å². The maximum absolute atomic E-state index is 9.63. The van der Waals surface area contributed by atoms with Gasteiger partial charge in [0.05, 0.1) is 25.2 Å². The first kappa shape index (κ1) is 31.2. The Hall–Kier alpha value is -0.840. The van der Waals surface area contributed by atoms with E-state index in [0.717, 1.165) is 11.3 Å². The normalized spacial score (nSPS) is 13.4. The summed E-state index contributed by atoms with van der Waals surface area (Å²) < 4.78 is 28.1. The Balaban J connectivity index is 0.000000900. The quantitative estimate of drug-likeness (QED) is 0.256. The molecule has 11 nitrogen and oxygen atoms in total. The van der Waals surface area contributed by atoms with E-state index >= 15 is 0 Å². The van der Waals surface area contributed by atoms with Crippen LogP contribution in [-0.4, -0.2) is 61.3 Å². The molecule has 0 saturated carbocycles. The fourth-order valence-electron chi connectivity index (χ4n) is 2.36. The fourth-order valence-corrected chi connectivity index (χ4v) is 3.47. The number of rotatable bonds is 8. The summed E-state index contributed by atoms with van der Waals surface area (Å²) in [4.78, 5) is 31.0. The van der Waals surface area contributed by atoms with Crippen LogP contribution in [0.1, 0.15) is 52.7 Å². The van der Waals surface area contributed by atoms with Crippen molar-refractivity contribution in [2.75, 3.05) is 26.4 Å². The summed E-state index contributed by atoms with van der Waals surface area (Å²) in [6.07, 6.45) is 0. The predicted octanol–water partition coefficient (Wildman–Crippen LogP) is 1.81. The number of phosphoric acid groups is 2. The number of aliphatic hydroxyl groups is 3. The Morgan fingerprint density at radius 2 is 1.22 bits per heavy atom. The highest BCUT2D eigenvalue weighted by Gasteiger charge is 2.31. The molecule has 7 N–H and O–H groups in total. The Morgan fingerprint density at radius 3 is 1.50 bits per heavy atom. The van der Waals surface area contributed by atoms with Gasteiger partial charge in [-0.3, -0.25) is 0 Å². The van der Waals surface area contributed by atoms with E-state index in [1.165, 1.54) is 5.56 Å². The monoisotopic (exact) mass is 502 g/mol. The van der Waals surface area contributed by atoms with Crippen molar-refractivity contribution in [3.8, 4) is 5.75 Å². The molecular formula is C19H36O11P2. The second-order valence-electron chi connectivity index (χ2n) is 9.54. The van der Waals surface area contributed by atoms with E-state index in [0.29, 0.717) is 0 Å². The van der Waals surface area contributed by atoms with Gasteiger partial charge in [-0.2, -0.15) is 4.31 Å². The molecule has 0 saturated heterocycles. The Kier molecular flexibility index (Phi) is 11.2. The highest BCUT2D eigenvalue weighted by molar-refractivity contribution is 7.60. The lowest BCUT2D eigenvalue weighted by Gasteiger charge is -2.30. The summed E-state index contributed by atoms with van der Waals surface area (Å²) in [7, 11) is -10.1. The van der Waals surface area contributed by atoms with Crippen molar-refractivity contribution in [2.24, 2.45) is 5.41 Å². The largest absolute Gasteiger partial charge is 0.492 e. The molecule has 1 aromatic carbocycles. The Labute approximate surface area is 188 Å². The van der Waals surface area contributed by atoms with E-state index in [2.05, 4.69) is 51.9 Å². The number of hydrogen-bond acceptors (Lipinski definition) is 7. The third-order valence-corrected chi connectivity index (χ3v) is 6.11. The van der Waals surface area contributed by atoms with Gasteiger partial charge in [-0.25, -0.2) is 9.13 Å². The lowest BCUT2D eigenvalue weighted by Crippen LogP contribution is -2.40. The van der Waals surface area contributed by atoms with E-state index in [4.69, 9.17) is 24.3 Å². The van der Waals surface area contributed by atoms with E-state index in [-0.39, 0.29) is 37.3 Å². The topological polar surface area (TPSA) is 194 Å². The summed E-state index contributed by atoms with van der Waals surface area (Å²) in [5.41, 5.74) is 1.22. The number of benzene rings is 1. The molecule has 0 unspecified atom stereocenters. The minimum atomic E-state index is -5.05. The molecule has 0 aromatic heterocycles. The summed E-state index contributed by atoms with van der Waals surface area (Å²) in [6.45, 7) is 12.0. The Morgan fingerprint density at radius 1 is 0.781 bits per heavy atom. The number of ether oxygens (including phenoxy) is 1. The zero-order chi connectivity index (χ0) is 25.6. The zero-order valence-corrected chi connectivity index (χ0v) is 21.0. The number of aliphatic hydroxyl groups excluding tert-OH is 3. The van der Waals surface area contributed by atoms with Crippen molar-refractivity contribution in [3.05, 3.63) is 29.3 Å². The van der Waals surface area contributed by atoms with Crippen LogP contribution in [0.3, 0.4) is 0 Å². The van der Waals surface area contributed by atoms with Crippen LogP contribution in [0.25, 0.3) is 0 Å². The maximum atomic E-state index is 9.63. The first-order valence-corrected chi connectivity index (χ1v) is 12.7. The molecule has 0 fully saturated rings. The van der Waals surface area contributed by atoms with Crippen molar-refractivity contribution in [3.63, 3.8) is 0 Å². The van der Waals surface area contributed by atoms with E-state index < -0.39 is 21.1 Å². The van der Waals surface area contributed by atoms with Gasteiger partial charge in [0.2, 0.25) is 0 Å². The summed E-state index contributed by atoms with van der Waals surface area (Å²) in [6, 6.07) is 6.15. The third kappa shape index (κ3) is 11.3. The highest BCUT2D eigenvalue weighted by atomic mass is 31.3. The van der Waals surface area contributed by atoms with Gasteiger partial charge in [0, 0.05) is 0 Å². The molecule has 0 heterocycles. The van der Waals surface area contributed by atoms with Gasteiger partial charge >= 0.3 is 15.6 Å². The summed E-state index contributed by atoms with van der Waals surface area (Å²) >= 11 is 0. The van der Waals surface area contributed by atoms with Gasteiger partial charge in [0.15, 0.2) is 0 Å². The highest BCUT2D eigenvalue weighted by Crippen LogP contribution is 2.53. The van der Waals surface area contributed by atoms with Crippen LogP contribution in [0.15, 0.2) is 18.2 Å². The molecule has 1 rings (SSSR count). The molecule has 32 heavy (non-hydrogen) atoms. The number of hydrogen-bond donors (Lipinski definition) is 7. The van der Waals surface area contributed by atoms with Crippen LogP contribution in [0, 0.1) is 5.41 Å². The summed E-state index contributed by atoms with van der Waals surface area (Å²) in [5.74, 6) is 0.727. The molecule has 0 radical (unpaired) electrons. The molecule has 0 aliphatic heterocycles. The maximum Gasteiger partial charge on any atom is 0.478 e. The van der Waals surface area contributed by atoms with Gasteiger partial charge in [-0.15, -0.1) is 0 Å². The molecular weight excluding hydrogens is 466 g/mol. The van der Waals surface area contributed by atoms with Crippen LogP contribution < -0.4 is 4.74 Å². The zero-order valence-electron chi connectivity index (χ0n) is 19.2. The van der Waals surface area contributed by atoms with Crippen LogP contribution in [0.2, 0.25) is 0 Å². The van der Waals surface area contributed by atoms with Gasteiger partial charge < -0.3 is 39.6 Å². The predicted molar refractivity (Wildman–Crippen MR) is 118 cm³/mol. The standard InChI is InChI=1S/C19H32O4.H4O7P2/c1-17(2,3)14-7-8-16(15(9-14)18(4,5)6)23-13-19(10-20,11-21)12-22;1-8(2,3)7-9(4,5)6/h7-9,20-22H,10-13H2,1-6H3;(H2,1,2,3)(H2,4,5,6). The van der Waals surface area contributed by atoms with Gasteiger partial charge in [-0.1, -0.05) is 53.7 Å². The van der Waals surface area contributed by atoms with E-state index in [1.807, 2.05) is 12.1 Å². The first-order chi connectivity index (χ1) is 14.2.